The molecule has 1 heterocycles. The Morgan fingerprint density at radius 3 is 2.08 bits per heavy atom. The van der Waals surface area contributed by atoms with Crippen LogP contribution in [-0.2, 0) is 13.0 Å². The van der Waals surface area contributed by atoms with Crippen LogP contribution in [-0.4, -0.2) is 32.2 Å². The van der Waals surface area contributed by atoms with Gasteiger partial charge in [0, 0.05) is 16.3 Å². The normalized spacial score (nSPS) is 11.2. The van der Waals surface area contributed by atoms with Gasteiger partial charge in [-0.3, -0.25) is 4.90 Å². The minimum absolute atomic E-state index is 0.797. The molecule has 0 N–H and O–H groups in total. The Bertz CT molecular complexity index is 717. The average Bonchev–Trinajstić information content (AvgIpc) is 2.93. The van der Waals surface area contributed by atoms with Gasteiger partial charge in [0.05, 0.1) is 14.2 Å². The Labute approximate surface area is 156 Å². The number of ether oxygens (including phenoxy) is 2. The third-order valence-corrected chi connectivity index (χ3v) is 6.30. The minimum atomic E-state index is 0.797. The monoisotopic (exact) mass is 361 g/mol. The van der Waals surface area contributed by atoms with Crippen LogP contribution in [0.5, 0.6) is 11.5 Å². The Kier molecular flexibility index (Phi) is 6.91. The molecule has 0 bridgehead atoms. The second-order valence-corrected chi connectivity index (χ2v) is 7.57. The summed E-state index contributed by atoms with van der Waals surface area (Å²) in [6.45, 7) is 14.1. The van der Waals surface area contributed by atoms with Crippen molar-refractivity contribution >= 4 is 11.3 Å². The molecule has 2 aromatic rings. The van der Waals surface area contributed by atoms with Gasteiger partial charge in [0.2, 0.25) is 0 Å². The molecule has 3 nitrogen and oxygen atoms in total. The number of hydrogen-bond acceptors (Lipinski definition) is 4. The Morgan fingerprint density at radius 1 is 0.960 bits per heavy atom. The fourth-order valence-corrected chi connectivity index (χ4v) is 4.41. The van der Waals surface area contributed by atoms with Gasteiger partial charge in [-0.2, -0.15) is 0 Å². The van der Waals surface area contributed by atoms with Crippen molar-refractivity contribution in [3.63, 3.8) is 0 Å². The van der Waals surface area contributed by atoms with Crippen LogP contribution in [0.1, 0.15) is 41.7 Å². The Hall–Kier alpha value is -1.52. The van der Waals surface area contributed by atoms with Gasteiger partial charge in [-0.25, -0.2) is 0 Å². The molecule has 1 aromatic heterocycles. The van der Waals surface area contributed by atoms with Gasteiger partial charge in [-0.15, -0.1) is 11.3 Å². The lowest BCUT2D eigenvalue weighted by atomic mass is 9.94. The lowest BCUT2D eigenvalue weighted by Crippen LogP contribution is -2.22. The zero-order chi connectivity index (χ0) is 18.6. The van der Waals surface area contributed by atoms with Gasteiger partial charge >= 0.3 is 0 Å². The molecule has 0 aliphatic heterocycles. The van der Waals surface area contributed by atoms with Crippen LogP contribution in [0.15, 0.2) is 12.1 Å². The Morgan fingerprint density at radius 2 is 1.56 bits per heavy atom. The summed E-state index contributed by atoms with van der Waals surface area (Å²) >= 11 is 1.91. The third kappa shape index (κ3) is 4.01. The SMILES string of the molecule is CCc1sc(C)c(C)c1-c1cc(OC)c(OC)cc1CN(CC)CC. The maximum Gasteiger partial charge on any atom is 0.161 e. The van der Waals surface area contributed by atoms with Crippen LogP contribution in [0.2, 0.25) is 0 Å². The van der Waals surface area contributed by atoms with Crippen molar-refractivity contribution in [1.82, 2.24) is 4.90 Å². The van der Waals surface area contributed by atoms with Crippen molar-refractivity contribution in [3.8, 4) is 22.6 Å². The highest BCUT2D eigenvalue weighted by molar-refractivity contribution is 7.12. The van der Waals surface area contributed by atoms with E-state index < -0.39 is 0 Å². The molecule has 0 fully saturated rings. The quantitative estimate of drug-likeness (QED) is 0.624. The highest BCUT2D eigenvalue weighted by Gasteiger charge is 2.20. The first-order valence-electron chi connectivity index (χ1n) is 9.06. The van der Waals surface area contributed by atoms with Crippen molar-refractivity contribution in [2.75, 3.05) is 27.3 Å². The molecule has 0 spiro atoms. The van der Waals surface area contributed by atoms with E-state index in [1.165, 1.54) is 32.0 Å². The maximum absolute atomic E-state index is 5.60. The van der Waals surface area contributed by atoms with Gasteiger partial charge in [0.15, 0.2) is 11.5 Å². The average molecular weight is 362 g/mol. The van der Waals surface area contributed by atoms with E-state index in [1.807, 2.05) is 11.3 Å². The topological polar surface area (TPSA) is 21.7 Å². The Balaban J connectivity index is 2.69. The molecule has 0 saturated heterocycles. The van der Waals surface area contributed by atoms with Crippen molar-refractivity contribution < 1.29 is 9.47 Å². The van der Waals surface area contributed by atoms with Crippen LogP contribution in [0.3, 0.4) is 0 Å². The van der Waals surface area contributed by atoms with Gasteiger partial charge in [-0.05, 0) is 67.7 Å². The molecule has 1 aromatic carbocycles. The summed E-state index contributed by atoms with van der Waals surface area (Å²) in [7, 11) is 3.41. The molecule has 0 radical (unpaired) electrons. The molecule has 0 aliphatic rings. The van der Waals surface area contributed by atoms with Gasteiger partial charge in [-0.1, -0.05) is 20.8 Å². The van der Waals surface area contributed by atoms with E-state index in [-0.39, 0.29) is 0 Å². The first-order chi connectivity index (χ1) is 12.0. The van der Waals surface area contributed by atoms with Crippen LogP contribution < -0.4 is 9.47 Å². The molecule has 138 valence electrons. The summed E-state index contributed by atoms with van der Waals surface area (Å²) in [4.78, 5) is 5.28. The molecule has 2 rings (SSSR count). The van der Waals surface area contributed by atoms with Gasteiger partial charge in [0.1, 0.15) is 0 Å². The minimum Gasteiger partial charge on any atom is -0.493 e. The van der Waals surface area contributed by atoms with Gasteiger partial charge in [0.25, 0.3) is 0 Å². The zero-order valence-corrected chi connectivity index (χ0v) is 17.5. The summed E-state index contributed by atoms with van der Waals surface area (Å²) in [5.74, 6) is 1.60. The molecule has 0 atom stereocenters. The van der Waals surface area contributed by atoms with E-state index in [4.69, 9.17) is 9.47 Å². The number of aryl methyl sites for hydroxylation is 2. The largest absolute Gasteiger partial charge is 0.493 e. The van der Waals surface area contributed by atoms with Crippen molar-refractivity contribution in [2.45, 2.75) is 47.6 Å². The number of thiophene rings is 1. The number of rotatable bonds is 8. The summed E-state index contributed by atoms with van der Waals surface area (Å²) < 4.78 is 11.2. The molecule has 0 saturated carbocycles. The predicted octanol–water partition coefficient (Wildman–Crippen LogP) is 5.45. The smallest absolute Gasteiger partial charge is 0.161 e. The van der Waals surface area contributed by atoms with Crippen LogP contribution >= 0.6 is 11.3 Å². The summed E-state index contributed by atoms with van der Waals surface area (Å²) in [6.07, 6.45) is 1.05. The van der Waals surface area contributed by atoms with E-state index >= 15 is 0 Å². The van der Waals surface area contributed by atoms with Gasteiger partial charge < -0.3 is 9.47 Å². The van der Waals surface area contributed by atoms with E-state index in [0.29, 0.717) is 0 Å². The first-order valence-corrected chi connectivity index (χ1v) is 9.88. The van der Waals surface area contributed by atoms with Crippen LogP contribution in [0.4, 0.5) is 0 Å². The van der Waals surface area contributed by atoms with E-state index in [2.05, 4.69) is 51.7 Å². The number of benzene rings is 1. The van der Waals surface area contributed by atoms with E-state index in [0.717, 1.165) is 37.6 Å². The molecule has 0 amide bonds. The lowest BCUT2D eigenvalue weighted by molar-refractivity contribution is 0.295. The molecule has 25 heavy (non-hydrogen) atoms. The zero-order valence-electron chi connectivity index (χ0n) is 16.7. The highest BCUT2D eigenvalue weighted by atomic mass is 32.1. The van der Waals surface area contributed by atoms with Crippen molar-refractivity contribution in [3.05, 3.63) is 33.0 Å². The molecule has 4 heteroatoms. The molecule has 0 unspecified atom stereocenters. The summed E-state index contributed by atoms with van der Waals surface area (Å²) in [5.41, 5.74) is 5.35. The molecular weight excluding hydrogens is 330 g/mol. The number of nitrogens with zero attached hydrogens (tertiary/aromatic N) is 1. The fraction of sp³-hybridized carbons (Fsp3) is 0.524. The van der Waals surface area contributed by atoms with Crippen molar-refractivity contribution in [2.24, 2.45) is 0 Å². The first kappa shape index (κ1) is 19.8. The van der Waals surface area contributed by atoms with Crippen LogP contribution in [0.25, 0.3) is 11.1 Å². The summed E-state index contributed by atoms with van der Waals surface area (Å²) in [6, 6.07) is 4.31. The lowest BCUT2D eigenvalue weighted by Gasteiger charge is -2.22. The second-order valence-electron chi connectivity index (χ2n) is 6.26. The van der Waals surface area contributed by atoms with E-state index in [9.17, 15) is 0 Å². The molecule has 0 aliphatic carbocycles. The highest BCUT2D eigenvalue weighted by Crippen LogP contribution is 2.42. The van der Waals surface area contributed by atoms with E-state index in [1.54, 1.807) is 14.2 Å². The maximum atomic E-state index is 5.60. The standard InChI is InChI=1S/C21H31NO2S/c1-8-20-21(14(4)15(5)25-20)17-12-19(24-7)18(23-6)11-16(17)13-22(9-2)10-3/h11-12H,8-10,13H2,1-7H3. The third-order valence-electron chi connectivity index (χ3n) is 4.95. The fourth-order valence-electron chi connectivity index (χ4n) is 3.27. The number of methoxy groups -OCH3 is 2. The van der Waals surface area contributed by atoms with Crippen LogP contribution in [0, 0.1) is 13.8 Å². The van der Waals surface area contributed by atoms with Crippen molar-refractivity contribution in [1.29, 1.82) is 0 Å². The predicted molar refractivity (Wildman–Crippen MR) is 108 cm³/mol. The molecular formula is C21H31NO2S. The summed E-state index contributed by atoms with van der Waals surface area (Å²) in [5, 5.41) is 0. The second kappa shape index (κ2) is 8.72. The number of hydrogen-bond donors (Lipinski definition) is 0.